The maximum Gasteiger partial charge on any atom is 0.125 e. The van der Waals surface area contributed by atoms with E-state index in [-0.39, 0.29) is 11.2 Å². The second-order valence-corrected chi connectivity index (χ2v) is 6.17. The van der Waals surface area contributed by atoms with Crippen molar-refractivity contribution in [3.8, 4) is 0 Å². The second-order valence-electron chi connectivity index (χ2n) is 6.17. The molecule has 0 aromatic heterocycles. The molecule has 0 spiro atoms. The van der Waals surface area contributed by atoms with E-state index in [2.05, 4.69) is 17.1 Å². The Morgan fingerprint density at radius 3 is 2.95 bits per heavy atom. The maximum absolute atomic E-state index is 13.4. The molecule has 1 saturated heterocycles. The molecular formula is C17H27FN2O. The van der Waals surface area contributed by atoms with Gasteiger partial charge >= 0.3 is 0 Å². The molecule has 1 aliphatic heterocycles. The van der Waals surface area contributed by atoms with Gasteiger partial charge in [-0.1, -0.05) is 13.0 Å². The summed E-state index contributed by atoms with van der Waals surface area (Å²) in [6.45, 7) is 6.69. The number of rotatable bonds is 7. The molecule has 0 aliphatic carbocycles. The van der Waals surface area contributed by atoms with Gasteiger partial charge in [-0.3, -0.25) is 0 Å². The fourth-order valence-corrected chi connectivity index (χ4v) is 3.07. The molecule has 3 nitrogen and oxygen atoms in total. The van der Waals surface area contributed by atoms with Gasteiger partial charge in [-0.2, -0.15) is 0 Å². The molecule has 0 bridgehead atoms. The molecule has 1 atom stereocenters. The first-order valence-electron chi connectivity index (χ1n) is 7.90. The molecule has 4 heteroatoms. The Balaban J connectivity index is 2.03. The third-order valence-electron chi connectivity index (χ3n) is 4.15. The third-order valence-corrected chi connectivity index (χ3v) is 4.15. The lowest BCUT2D eigenvalue weighted by Crippen LogP contribution is -2.48. The van der Waals surface area contributed by atoms with Crippen LogP contribution in [0.2, 0.25) is 0 Å². The number of ether oxygens (including phenoxy) is 1. The van der Waals surface area contributed by atoms with Crippen molar-refractivity contribution in [1.82, 2.24) is 5.32 Å². The van der Waals surface area contributed by atoms with Crippen molar-refractivity contribution in [1.29, 1.82) is 0 Å². The van der Waals surface area contributed by atoms with Gasteiger partial charge in [0.1, 0.15) is 5.82 Å². The Bertz CT molecular complexity index is 433. The van der Waals surface area contributed by atoms with Crippen molar-refractivity contribution in [3.05, 3.63) is 30.1 Å². The van der Waals surface area contributed by atoms with E-state index in [1.54, 1.807) is 12.1 Å². The van der Waals surface area contributed by atoms with E-state index in [9.17, 15) is 4.39 Å². The molecule has 21 heavy (non-hydrogen) atoms. The quantitative estimate of drug-likeness (QED) is 0.782. The van der Waals surface area contributed by atoms with Crippen LogP contribution in [0.4, 0.5) is 10.1 Å². The van der Waals surface area contributed by atoms with Crippen LogP contribution in [0.15, 0.2) is 24.3 Å². The summed E-state index contributed by atoms with van der Waals surface area (Å²) in [5.74, 6) is -0.183. The maximum atomic E-state index is 13.4. The minimum Gasteiger partial charge on any atom is -0.381 e. The van der Waals surface area contributed by atoms with Crippen LogP contribution in [0.5, 0.6) is 0 Å². The van der Waals surface area contributed by atoms with Crippen molar-refractivity contribution >= 4 is 5.69 Å². The van der Waals surface area contributed by atoms with Crippen molar-refractivity contribution in [3.63, 3.8) is 0 Å². The summed E-state index contributed by atoms with van der Waals surface area (Å²) in [5, 5.41) is 3.53. The average Bonchev–Trinajstić information content (AvgIpc) is 2.48. The highest BCUT2D eigenvalue weighted by Crippen LogP contribution is 2.30. The predicted molar refractivity (Wildman–Crippen MR) is 85.3 cm³/mol. The van der Waals surface area contributed by atoms with Gasteiger partial charge in [0, 0.05) is 37.8 Å². The standard InChI is InChI=1S/C17H27FN2O/c1-3-9-19-12-17(8-5-10-21-14-17)13-20(2)16-7-4-6-15(18)11-16/h4,6-7,11,19H,3,5,8-10,12-14H2,1-2H3. The van der Waals surface area contributed by atoms with Crippen LogP contribution < -0.4 is 10.2 Å². The lowest BCUT2D eigenvalue weighted by Gasteiger charge is -2.40. The van der Waals surface area contributed by atoms with E-state index in [1.807, 2.05) is 13.1 Å². The van der Waals surface area contributed by atoms with Crippen LogP contribution in [-0.4, -0.2) is 39.9 Å². The van der Waals surface area contributed by atoms with E-state index >= 15 is 0 Å². The molecule has 0 radical (unpaired) electrons. The zero-order valence-corrected chi connectivity index (χ0v) is 13.2. The fraction of sp³-hybridized carbons (Fsp3) is 0.647. The van der Waals surface area contributed by atoms with Crippen LogP contribution in [-0.2, 0) is 4.74 Å². The van der Waals surface area contributed by atoms with Crippen LogP contribution in [0.1, 0.15) is 26.2 Å². The summed E-state index contributed by atoms with van der Waals surface area (Å²) < 4.78 is 19.1. The average molecular weight is 294 g/mol. The van der Waals surface area contributed by atoms with Crippen molar-refractivity contribution in [2.75, 3.05) is 44.8 Å². The normalized spacial score (nSPS) is 22.2. The molecule has 1 heterocycles. The monoisotopic (exact) mass is 294 g/mol. The Morgan fingerprint density at radius 2 is 2.29 bits per heavy atom. The zero-order chi connectivity index (χ0) is 15.1. The first kappa shape index (κ1) is 16.2. The third kappa shape index (κ3) is 4.68. The molecule has 1 aliphatic rings. The first-order chi connectivity index (χ1) is 10.2. The highest BCUT2D eigenvalue weighted by Gasteiger charge is 2.34. The minimum atomic E-state index is -0.183. The molecule has 1 unspecified atom stereocenters. The van der Waals surface area contributed by atoms with E-state index in [4.69, 9.17) is 4.74 Å². The number of benzene rings is 1. The number of nitrogens with zero attached hydrogens (tertiary/aromatic N) is 1. The van der Waals surface area contributed by atoms with Crippen LogP contribution in [0.3, 0.4) is 0 Å². The first-order valence-corrected chi connectivity index (χ1v) is 7.90. The van der Waals surface area contributed by atoms with E-state index in [0.717, 1.165) is 57.8 Å². The minimum absolute atomic E-state index is 0.120. The largest absolute Gasteiger partial charge is 0.381 e. The highest BCUT2D eigenvalue weighted by atomic mass is 19.1. The van der Waals surface area contributed by atoms with Gasteiger partial charge in [0.05, 0.1) is 6.61 Å². The smallest absolute Gasteiger partial charge is 0.125 e. The van der Waals surface area contributed by atoms with Crippen molar-refractivity contribution < 1.29 is 9.13 Å². The van der Waals surface area contributed by atoms with Gasteiger partial charge < -0.3 is 15.0 Å². The van der Waals surface area contributed by atoms with E-state index in [1.165, 1.54) is 6.07 Å². The molecule has 0 amide bonds. The van der Waals surface area contributed by atoms with Gasteiger partial charge in [0.25, 0.3) is 0 Å². The van der Waals surface area contributed by atoms with E-state index < -0.39 is 0 Å². The summed E-state index contributed by atoms with van der Waals surface area (Å²) in [6.07, 6.45) is 3.39. The number of hydrogen-bond donors (Lipinski definition) is 1. The summed E-state index contributed by atoms with van der Waals surface area (Å²) in [5.41, 5.74) is 1.05. The topological polar surface area (TPSA) is 24.5 Å². The van der Waals surface area contributed by atoms with Gasteiger partial charge in [0.15, 0.2) is 0 Å². The van der Waals surface area contributed by atoms with Crippen LogP contribution in [0, 0.1) is 11.2 Å². The Labute approximate surface area is 127 Å². The SMILES string of the molecule is CCCNCC1(CN(C)c2cccc(F)c2)CCCOC1. The van der Waals surface area contributed by atoms with Gasteiger partial charge in [-0.05, 0) is 44.0 Å². The molecule has 1 fully saturated rings. The molecule has 118 valence electrons. The number of hydrogen-bond acceptors (Lipinski definition) is 3. The van der Waals surface area contributed by atoms with Gasteiger partial charge in [0.2, 0.25) is 0 Å². The van der Waals surface area contributed by atoms with Gasteiger partial charge in [-0.25, -0.2) is 4.39 Å². The summed E-state index contributed by atoms with van der Waals surface area (Å²) in [4.78, 5) is 2.14. The molecule has 0 saturated carbocycles. The molecular weight excluding hydrogens is 267 g/mol. The summed E-state index contributed by atoms with van der Waals surface area (Å²) in [6, 6.07) is 6.80. The molecule has 1 aromatic carbocycles. The lowest BCUT2D eigenvalue weighted by molar-refractivity contribution is -0.00265. The van der Waals surface area contributed by atoms with Crippen LogP contribution >= 0.6 is 0 Å². The number of halogens is 1. The molecule has 1 N–H and O–H groups in total. The van der Waals surface area contributed by atoms with Crippen molar-refractivity contribution in [2.24, 2.45) is 5.41 Å². The summed E-state index contributed by atoms with van der Waals surface area (Å²) >= 11 is 0. The van der Waals surface area contributed by atoms with Gasteiger partial charge in [-0.15, -0.1) is 0 Å². The Kier molecular flexibility index (Phi) is 6.00. The lowest BCUT2D eigenvalue weighted by atomic mass is 9.81. The zero-order valence-electron chi connectivity index (χ0n) is 13.2. The fourth-order valence-electron chi connectivity index (χ4n) is 3.07. The second kappa shape index (κ2) is 7.76. The molecule has 1 aromatic rings. The van der Waals surface area contributed by atoms with Crippen molar-refractivity contribution in [2.45, 2.75) is 26.2 Å². The summed E-state index contributed by atoms with van der Waals surface area (Å²) in [7, 11) is 2.03. The number of nitrogens with one attached hydrogen (secondary N) is 1. The highest BCUT2D eigenvalue weighted by molar-refractivity contribution is 5.45. The Hall–Kier alpha value is -1.13. The van der Waals surface area contributed by atoms with E-state index in [0.29, 0.717) is 0 Å². The Morgan fingerprint density at radius 1 is 1.43 bits per heavy atom. The molecule has 2 rings (SSSR count). The van der Waals surface area contributed by atoms with Crippen LogP contribution in [0.25, 0.3) is 0 Å². The number of anilines is 1. The predicted octanol–water partition coefficient (Wildman–Crippen LogP) is 3.06.